The number of anilines is 1. The standard InChI is InChI=1S/C16H16N2O2/c19-15(16(20)18-10-3-4-11-18)17-14-9-5-7-12-6-1-2-8-13(12)14/h1-2,5-9H,3-4,10-11H2,(H,17,19). The van der Waals surface area contributed by atoms with Crippen molar-refractivity contribution in [1.82, 2.24) is 4.90 Å². The highest BCUT2D eigenvalue weighted by Crippen LogP contribution is 2.23. The fourth-order valence-corrected chi connectivity index (χ4v) is 2.57. The zero-order chi connectivity index (χ0) is 13.9. The topological polar surface area (TPSA) is 49.4 Å². The molecule has 1 aliphatic heterocycles. The van der Waals surface area contributed by atoms with E-state index in [1.54, 1.807) is 4.90 Å². The number of benzene rings is 2. The number of fused-ring (bicyclic) bond motifs is 1. The summed E-state index contributed by atoms with van der Waals surface area (Å²) in [5.74, 6) is -0.987. The van der Waals surface area contributed by atoms with Crippen molar-refractivity contribution in [3.63, 3.8) is 0 Å². The second-order valence-corrected chi connectivity index (χ2v) is 4.98. The number of likely N-dealkylation sites (tertiary alicyclic amines) is 1. The van der Waals surface area contributed by atoms with Crippen LogP contribution in [0.5, 0.6) is 0 Å². The number of nitrogens with zero attached hydrogens (tertiary/aromatic N) is 1. The number of amides is 2. The van der Waals surface area contributed by atoms with Gasteiger partial charge in [-0.3, -0.25) is 9.59 Å². The van der Waals surface area contributed by atoms with Crippen LogP contribution in [0.2, 0.25) is 0 Å². The summed E-state index contributed by atoms with van der Waals surface area (Å²) < 4.78 is 0. The average molecular weight is 268 g/mol. The van der Waals surface area contributed by atoms with Crippen molar-refractivity contribution in [3.8, 4) is 0 Å². The van der Waals surface area contributed by atoms with Gasteiger partial charge in [0.2, 0.25) is 0 Å². The zero-order valence-electron chi connectivity index (χ0n) is 11.1. The van der Waals surface area contributed by atoms with Crippen LogP contribution < -0.4 is 5.32 Å². The van der Waals surface area contributed by atoms with E-state index in [-0.39, 0.29) is 0 Å². The predicted molar refractivity (Wildman–Crippen MR) is 78.4 cm³/mol. The van der Waals surface area contributed by atoms with Crippen molar-refractivity contribution in [3.05, 3.63) is 42.5 Å². The second-order valence-electron chi connectivity index (χ2n) is 4.98. The van der Waals surface area contributed by atoms with Gasteiger partial charge in [0, 0.05) is 24.2 Å². The van der Waals surface area contributed by atoms with Gasteiger partial charge < -0.3 is 10.2 Å². The average Bonchev–Trinajstić information content (AvgIpc) is 3.01. The Hall–Kier alpha value is -2.36. The van der Waals surface area contributed by atoms with Crippen LogP contribution >= 0.6 is 0 Å². The lowest BCUT2D eigenvalue weighted by Crippen LogP contribution is -2.37. The molecule has 0 aliphatic carbocycles. The molecular weight excluding hydrogens is 252 g/mol. The molecule has 2 amide bonds. The molecule has 4 heteroatoms. The Kier molecular flexibility index (Phi) is 3.37. The highest BCUT2D eigenvalue weighted by molar-refractivity contribution is 6.40. The van der Waals surface area contributed by atoms with Crippen molar-refractivity contribution in [1.29, 1.82) is 0 Å². The summed E-state index contributed by atoms with van der Waals surface area (Å²) in [6, 6.07) is 13.4. The summed E-state index contributed by atoms with van der Waals surface area (Å²) in [6.45, 7) is 1.36. The van der Waals surface area contributed by atoms with E-state index in [0.29, 0.717) is 18.8 Å². The minimum atomic E-state index is -0.553. The highest BCUT2D eigenvalue weighted by Gasteiger charge is 2.24. The van der Waals surface area contributed by atoms with Crippen molar-refractivity contribution in [2.45, 2.75) is 12.8 Å². The fraction of sp³-hybridized carbons (Fsp3) is 0.250. The summed E-state index contributed by atoms with van der Waals surface area (Å²) in [5, 5.41) is 4.71. The van der Waals surface area contributed by atoms with Crippen LogP contribution in [0.25, 0.3) is 10.8 Å². The van der Waals surface area contributed by atoms with Crippen LogP contribution in [-0.2, 0) is 9.59 Å². The van der Waals surface area contributed by atoms with E-state index >= 15 is 0 Å². The van der Waals surface area contributed by atoms with E-state index in [2.05, 4.69) is 5.32 Å². The quantitative estimate of drug-likeness (QED) is 0.807. The van der Waals surface area contributed by atoms with Gasteiger partial charge in [-0.1, -0.05) is 36.4 Å². The number of rotatable bonds is 1. The Morgan fingerprint density at radius 2 is 1.65 bits per heavy atom. The molecule has 2 aromatic rings. The molecule has 0 aromatic heterocycles. The summed E-state index contributed by atoms with van der Waals surface area (Å²) in [7, 11) is 0. The monoisotopic (exact) mass is 268 g/mol. The highest BCUT2D eigenvalue weighted by atomic mass is 16.2. The Labute approximate surface area is 117 Å². The van der Waals surface area contributed by atoms with Gasteiger partial charge >= 0.3 is 11.8 Å². The van der Waals surface area contributed by atoms with Crippen molar-refractivity contribution in [2.75, 3.05) is 18.4 Å². The normalized spacial score (nSPS) is 14.5. The lowest BCUT2D eigenvalue weighted by atomic mass is 10.1. The molecule has 1 aliphatic rings. The molecule has 1 heterocycles. The third kappa shape index (κ3) is 2.37. The minimum absolute atomic E-state index is 0.435. The smallest absolute Gasteiger partial charge is 0.313 e. The first kappa shape index (κ1) is 12.7. The molecule has 20 heavy (non-hydrogen) atoms. The largest absolute Gasteiger partial charge is 0.334 e. The summed E-state index contributed by atoms with van der Waals surface area (Å²) >= 11 is 0. The maximum atomic E-state index is 12.0. The molecule has 4 nitrogen and oxygen atoms in total. The molecule has 1 fully saturated rings. The van der Waals surface area contributed by atoms with Gasteiger partial charge in [-0.2, -0.15) is 0 Å². The van der Waals surface area contributed by atoms with Crippen LogP contribution in [0, 0.1) is 0 Å². The van der Waals surface area contributed by atoms with Gasteiger partial charge in [-0.05, 0) is 24.3 Å². The third-order valence-corrected chi connectivity index (χ3v) is 3.63. The molecule has 2 aromatic carbocycles. The first-order valence-electron chi connectivity index (χ1n) is 6.84. The summed E-state index contributed by atoms with van der Waals surface area (Å²) in [5.41, 5.74) is 0.681. The molecule has 0 saturated carbocycles. The summed E-state index contributed by atoms with van der Waals surface area (Å²) in [4.78, 5) is 25.7. The number of hydrogen-bond donors (Lipinski definition) is 1. The van der Waals surface area contributed by atoms with E-state index < -0.39 is 11.8 Å². The fourth-order valence-electron chi connectivity index (χ4n) is 2.57. The number of carbonyl (C=O) groups is 2. The van der Waals surface area contributed by atoms with Crippen LogP contribution in [-0.4, -0.2) is 29.8 Å². The van der Waals surface area contributed by atoms with Crippen molar-refractivity contribution in [2.24, 2.45) is 0 Å². The Bertz CT molecular complexity index is 655. The number of nitrogens with one attached hydrogen (secondary N) is 1. The number of hydrogen-bond acceptors (Lipinski definition) is 2. The van der Waals surface area contributed by atoms with Crippen LogP contribution in [0.1, 0.15) is 12.8 Å². The van der Waals surface area contributed by atoms with E-state index in [9.17, 15) is 9.59 Å². The van der Waals surface area contributed by atoms with Gasteiger partial charge in [0.05, 0.1) is 0 Å². The third-order valence-electron chi connectivity index (χ3n) is 3.63. The Morgan fingerprint density at radius 3 is 2.45 bits per heavy atom. The lowest BCUT2D eigenvalue weighted by molar-refractivity contribution is -0.142. The molecular formula is C16H16N2O2. The van der Waals surface area contributed by atoms with Gasteiger partial charge in [-0.15, -0.1) is 0 Å². The lowest BCUT2D eigenvalue weighted by Gasteiger charge is -2.15. The van der Waals surface area contributed by atoms with Gasteiger partial charge in [0.1, 0.15) is 0 Å². The minimum Gasteiger partial charge on any atom is -0.334 e. The van der Waals surface area contributed by atoms with Crippen LogP contribution in [0.4, 0.5) is 5.69 Å². The molecule has 1 saturated heterocycles. The van der Waals surface area contributed by atoms with Gasteiger partial charge in [0.15, 0.2) is 0 Å². The molecule has 0 unspecified atom stereocenters. The van der Waals surface area contributed by atoms with Crippen molar-refractivity contribution < 1.29 is 9.59 Å². The van der Waals surface area contributed by atoms with Gasteiger partial charge in [-0.25, -0.2) is 0 Å². The van der Waals surface area contributed by atoms with Crippen molar-refractivity contribution >= 4 is 28.3 Å². The number of carbonyl (C=O) groups excluding carboxylic acids is 2. The molecule has 1 N–H and O–H groups in total. The molecule has 3 rings (SSSR count). The zero-order valence-corrected chi connectivity index (χ0v) is 11.1. The molecule has 0 bridgehead atoms. The Balaban J connectivity index is 1.82. The van der Waals surface area contributed by atoms with E-state index in [1.165, 1.54) is 0 Å². The first-order chi connectivity index (χ1) is 9.75. The van der Waals surface area contributed by atoms with E-state index in [1.807, 2.05) is 42.5 Å². The SMILES string of the molecule is O=C(Nc1cccc2ccccc12)C(=O)N1CCCC1. The molecule has 0 radical (unpaired) electrons. The van der Waals surface area contributed by atoms with E-state index in [4.69, 9.17) is 0 Å². The maximum Gasteiger partial charge on any atom is 0.313 e. The second kappa shape index (κ2) is 5.33. The summed E-state index contributed by atoms with van der Waals surface area (Å²) in [6.07, 6.45) is 1.96. The molecule has 102 valence electrons. The Morgan fingerprint density at radius 1 is 0.950 bits per heavy atom. The molecule has 0 atom stereocenters. The van der Waals surface area contributed by atoms with Crippen LogP contribution in [0.15, 0.2) is 42.5 Å². The first-order valence-corrected chi connectivity index (χ1v) is 6.84. The van der Waals surface area contributed by atoms with E-state index in [0.717, 1.165) is 23.6 Å². The van der Waals surface area contributed by atoms with Gasteiger partial charge in [0.25, 0.3) is 0 Å². The molecule has 0 spiro atoms. The van der Waals surface area contributed by atoms with Crippen LogP contribution in [0.3, 0.4) is 0 Å². The predicted octanol–water partition coefficient (Wildman–Crippen LogP) is 2.40. The maximum absolute atomic E-state index is 12.0.